The van der Waals surface area contributed by atoms with Crippen molar-refractivity contribution in [3.63, 3.8) is 0 Å². The summed E-state index contributed by atoms with van der Waals surface area (Å²) >= 11 is 1.51. The first-order valence-corrected chi connectivity index (χ1v) is 8.50. The van der Waals surface area contributed by atoms with Crippen molar-refractivity contribution < 1.29 is 9.32 Å². The molecule has 0 spiro atoms. The van der Waals surface area contributed by atoms with Crippen molar-refractivity contribution in [1.82, 2.24) is 15.0 Å². The van der Waals surface area contributed by atoms with E-state index in [-0.39, 0.29) is 5.91 Å². The van der Waals surface area contributed by atoms with Gasteiger partial charge in [-0.3, -0.25) is 9.69 Å². The molecule has 1 fully saturated rings. The van der Waals surface area contributed by atoms with Gasteiger partial charge >= 0.3 is 0 Å². The van der Waals surface area contributed by atoms with Crippen molar-refractivity contribution in [1.29, 1.82) is 0 Å². The minimum atomic E-state index is 0.161. The zero-order valence-electron chi connectivity index (χ0n) is 13.0. The van der Waals surface area contributed by atoms with Crippen molar-refractivity contribution in [2.45, 2.75) is 26.8 Å². The summed E-state index contributed by atoms with van der Waals surface area (Å²) in [7, 11) is 0. The molecule has 0 radical (unpaired) electrons. The van der Waals surface area contributed by atoms with Crippen molar-refractivity contribution in [2.24, 2.45) is 0 Å². The molecule has 5 nitrogen and oxygen atoms in total. The van der Waals surface area contributed by atoms with Crippen molar-refractivity contribution in [3.8, 4) is 0 Å². The molecule has 6 heteroatoms. The van der Waals surface area contributed by atoms with Gasteiger partial charge in [0.05, 0.1) is 10.6 Å². The molecule has 1 amide bonds. The Labute approximate surface area is 134 Å². The molecule has 3 heterocycles. The van der Waals surface area contributed by atoms with Gasteiger partial charge in [-0.2, -0.15) is 0 Å². The summed E-state index contributed by atoms with van der Waals surface area (Å²) in [6.45, 7) is 8.28. The standard InChI is InChI=1S/C16H21N3O2S/c1-12-14(13(2)21-17-12)11-18-6-4-7-19(9-8-18)16(20)15-5-3-10-22-15/h3,5,10H,4,6-9,11H2,1-2H3. The van der Waals surface area contributed by atoms with Gasteiger partial charge in [0.15, 0.2) is 0 Å². The second-order valence-electron chi connectivity index (χ2n) is 5.70. The highest BCUT2D eigenvalue weighted by Crippen LogP contribution is 2.18. The summed E-state index contributed by atoms with van der Waals surface area (Å²) in [5, 5.41) is 5.97. The maximum atomic E-state index is 12.4. The third kappa shape index (κ3) is 3.23. The Kier molecular flexibility index (Phi) is 4.59. The van der Waals surface area contributed by atoms with Crippen LogP contribution in [0.4, 0.5) is 0 Å². The van der Waals surface area contributed by atoms with E-state index in [4.69, 9.17) is 4.52 Å². The summed E-state index contributed by atoms with van der Waals surface area (Å²) in [5.41, 5.74) is 2.14. The number of carbonyl (C=O) groups excluding carboxylic acids is 1. The fraction of sp³-hybridized carbons (Fsp3) is 0.500. The maximum Gasteiger partial charge on any atom is 0.263 e. The van der Waals surface area contributed by atoms with Crippen LogP contribution in [0.5, 0.6) is 0 Å². The fourth-order valence-electron chi connectivity index (χ4n) is 2.84. The van der Waals surface area contributed by atoms with Gasteiger partial charge in [0.2, 0.25) is 0 Å². The number of amides is 1. The molecule has 0 N–H and O–H groups in total. The highest BCUT2D eigenvalue weighted by molar-refractivity contribution is 7.12. The van der Waals surface area contributed by atoms with Gasteiger partial charge in [-0.05, 0) is 31.7 Å². The number of aromatic nitrogens is 1. The second kappa shape index (κ2) is 6.62. The van der Waals surface area contributed by atoms with Gasteiger partial charge in [-0.25, -0.2) is 0 Å². The molecule has 1 aliphatic heterocycles. The van der Waals surface area contributed by atoms with Crippen LogP contribution in [0.15, 0.2) is 22.0 Å². The molecule has 1 saturated heterocycles. The molecular formula is C16H21N3O2S. The van der Waals surface area contributed by atoms with Gasteiger partial charge in [-0.1, -0.05) is 11.2 Å². The molecule has 2 aromatic rings. The van der Waals surface area contributed by atoms with Gasteiger partial charge in [0.25, 0.3) is 5.91 Å². The van der Waals surface area contributed by atoms with Crippen LogP contribution in [0.2, 0.25) is 0 Å². The zero-order chi connectivity index (χ0) is 15.5. The van der Waals surface area contributed by atoms with E-state index in [2.05, 4.69) is 10.1 Å². The molecule has 0 aliphatic carbocycles. The third-order valence-electron chi connectivity index (χ3n) is 4.17. The Hall–Kier alpha value is -1.66. The first kappa shape index (κ1) is 15.2. The van der Waals surface area contributed by atoms with E-state index in [9.17, 15) is 4.79 Å². The average Bonchev–Trinajstić information content (AvgIpc) is 3.07. The molecule has 0 bridgehead atoms. The molecule has 0 atom stereocenters. The Balaban J connectivity index is 1.62. The minimum Gasteiger partial charge on any atom is -0.361 e. The van der Waals surface area contributed by atoms with Crippen LogP contribution in [-0.2, 0) is 6.54 Å². The number of carbonyl (C=O) groups is 1. The summed E-state index contributed by atoms with van der Waals surface area (Å²) in [4.78, 5) is 17.6. The molecule has 118 valence electrons. The van der Waals surface area contributed by atoms with Crippen LogP contribution in [0.3, 0.4) is 0 Å². The second-order valence-corrected chi connectivity index (χ2v) is 6.65. The van der Waals surface area contributed by atoms with E-state index in [0.29, 0.717) is 0 Å². The Morgan fingerprint density at radius 1 is 1.32 bits per heavy atom. The first-order valence-electron chi connectivity index (χ1n) is 7.62. The predicted molar refractivity (Wildman–Crippen MR) is 86.1 cm³/mol. The van der Waals surface area contributed by atoms with Gasteiger partial charge in [0, 0.05) is 38.3 Å². The van der Waals surface area contributed by atoms with Crippen LogP contribution in [-0.4, -0.2) is 47.0 Å². The largest absolute Gasteiger partial charge is 0.361 e. The SMILES string of the molecule is Cc1noc(C)c1CN1CCCN(C(=O)c2cccs2)CC1. The summed E-state index contributed by atoms with van der Waals surface area (Å²) in [6, 6.07) is 3.83. The Morgan fingerprint density at radius 2 is 2.18 bits per heavy atom. The van der Waals surface area contributed by atoms with Crippen LogP contribution in [0.1, 0.15) is 33.1 Å². The van der Waals surface area contributed by atoms with Crippen LogP contribution in [0.25, 0.3) is 0 Å². The lowest BCUT2D eigenvalue weighted by Gasteiger charge is -2.21. The molecule has 2 aromatic heterocycles. The van der Waals surface area contributed by atoms with E-state index in [1.165, 1.54) is 16.9 Å². The van der Waals surface area contributed by atoms with E-state index >= 15 is 0 Å². The highest BCUT2D eigenvalue weighted by atomic mass is 32.1. The number of hydrogen-bond acceptors (Lipinski definition) is 5. The van der Waals surface area contributed by atoms with Gasteiger partial charge < -0.3 is 9.42 Å². The number of thiophene rings is 1. The van der Waals surface area contributed by atoms with Crippen molar-refractivity contribution in [2.75, 3.05) is 26.2 Å². The lowest BCUT2D eigenvalue weighted by Crippen LogP contribution is -2.34. The number of nitrogens with zero attached hydrogens (tertiary/aromatic N) is 3. The molecule has 0 saturated carbocycles. The normalized spacial score (nSPS) is 16.7. The minimum absolute atomic E-state index is 0.161. The average molecular weight is 319 g/mol. The highest BCUT2D eigenvalue weighted by Gasteiger charge is 2.22. The lowest BCUT2D eigenvalue weighted by atomic mass is 10.2. The maximum absolute atomic E-state index is 12.4. The number of aryl methyl sites for hydroxylation is 2. The monoisotopic (exact) mass is 319 g/mol. The fourth-order valence-corrected chi connectivity index (χ4v) is 3.53. The topological polar surface area (TPSA) is 49.6 Å². The van der Waals surface area contributed by atoms with Crippen LogP contribution in [0, 0.1) is 13.8 Å². The molecule has 0 unspecified atom stereocenters. The van der Waals surface area contributed by atoms with Crippen LogP contribution < -0.4 is 0 Å². The number of rotatable bonds is 3. The van der Waals surface area contributed by atoms with Gasteiger partial charge in [-0.15, -0.1) is 11.3 Å². The van der Waals surface area contributed by atoms with Gasteiger partial charge in [0.1, 0.15) is 5.76 Å². The predicted octanol–water partition coefficient (Wildman–Crippen LogP) is 2.70. The quantitative estimate of drug-likeness (QED) is 0.873. The molecule has 0 aromatic carbocycles. The zero-order valence-corrected chi connectivity index (χ0v) is 13.9. The summed E-state index contributed by atoms with van der Waals surface area (Å²) < 4.78 is 5.24. The van der Waals surface area contributed by atoms with Crippen LogP contribution >= 0.6 is 11.3 Å². The lowest BCUT2D eigenvalue weighted by molar-refractivity contribution is 0.0766. The smallest absolute Gasteiger partial charge is 0.263 e. The summed E-state index contributed by atoms with van der Waals surface area (Å²) in [6.07, 6.45) is 1.00. The van der Waals surface area contributed by atoms with Crippen molar-refractivity contribution >= 4 is 17.2 Å². The van der Waals surface area contributed by atoms with Crippen molar-refractivity contribution in [3.05, 3.63) is 39.4 Å². The van der Waals surface area contributed by atoms with E-state index < -0.39 is 0 Å². The number of hydrogen-bond donors (Lipinski definition) is 0. The molecule has 1 aliphatic rings. The Morgan fingerprint density at radius 3 is 2.86 bits per heavy atom. The van der Waals surface area contributed by atoms with E-state index in [1.807, 2.05) is 36.3 Å². The molecular weight excluding hydrogens is 298 g/mol. The van der Waals surface area contributed by atoms with E-state index in [1.54, 1.807) is 0 Å². The molecule has 22 heavy (non-hydrogen) atoms. The van der Waals surface area contributed by atoms with E-state index in [0.717, 1.165) is 55.5 Å². The Bertz CT molecular complexity index is 616. The first-order chi connectivity index (χ1) is 10.6. The molecule has 3 rings (SSSR count). The summed E-state index contributed by atoms with van der Waals surface area (Å²) in [5.74, 6) is 1.06. The third-order valence-corrected chi connectivity index (χ3v) is 5.03.